The molecule has 0 atom stereocenters. The summed E-state index contributed by atoms with van der Waals surface area (Å²) in [5.74, 6) is 0. The fourth-order valence-corrected chi connectivity index (χ4v) is 11.1. The quantitative estimate of drug-likeness (QED) is 0.0331. The van der Waals surface area contributed by atoms with E-state index in [1.54, 1.807) is 126 Å². The molecule has 0 amide bonds. The van der Waals surface area contributed by atoms with Crippen molar-refractivity contribution < 1.29 is 48.9 Å². The lowest BCUT2D eigenvalue weighted by atomic mass is 10.3. The van der Waals surface area contributed by atoms with Crippen LogP contribution in [0.25, 0.3) is 0 Å². The number of ether oxygens (including phenoxy) is 5. The summed E-state index contributed by atoms with van der Waals surface area (Å²) in [4.78, 5) is 9.53. The molecule has 0 bridgehead atoms. The largest absolute Gasteiger partial charge is 0.399 e. The normalized spacial score (nSPS) is 11.4. The number of hydrogen-bond donors (Lipinski definition) is 2. The summed E-state index contributed by atoms with van der Waals surface area (Å²) in [6, 6.07) is 39.7. The molecule has 0 saturated carbocycles. The molecule has 0 unspecified atom stereocenters. The average Bonchev–Trinajstić information content (AvgIpc) is 3.40. The third-order valence-corrected chi connectivity index (χ3v) is 16.6. The molecule has 20 heteroatoms. The second-order valence-corrected chi connectivity index (χ2v) is 21.9. The highest BCUT2D eigenvalue weighted by Crippen LogP contribution is 2.28. The molecule has 0 saturated heterocycles. The molecule has 0 aromatic heterocycles. The van der Waals surface area contributed by atoms with Crippen LogP contribution in [0.2, 0.25) is 0 Å². The Kier molecular flexibility index (Phi) is 23.5. The summed E-state index contributed by atoms with van der Waals surface area (Å²) in [6.07, 6.45) is 0. The maximum absolute atomic E-state index is 13.0. The Labute approximate surface area is 432 Å². The zero-order valence-corrected chi connectivity index (χ0v) is 45.3. The molecule has 0 fully saturated rings. The van der Waals surface area contributed by atoms with Gasteiger partial charge in [0.2, 0.25) is 29.5 Å². The van der Waals surface area contributed by atoms with E-state index in [4.69, 9.17) is 35.2 Å². The molecule has 0 aliphatic heterocycles. The highest BCUT2D eigenvalue weighted by atomic mass is 32.2. The Morgan fingerprint density at radius 2 is 0.548 bits per heavy atom. The Hall–Kier alpha value is -6.23. The van der Waals surface area contributed by atoms with E-state index >= 15 is 0 Å². The van der Waals surface area contributed by atoms with Gasteiger partial charge in [-0.25, -0.2) is 25.3 Å². The van der Waals surface area contributed by atoms with Crippen LogP contribution >= 0.6 is 0 Å². The minimum absolute atomic E-state index is 0.163. The van der Waals surface area contributed by atoms with Gasteiger partial charge in [0, 0.05) is 88.7 Å². The molecule has 73 heavy (non-hydrogen) atoms. The lowest BCUT2D eigenvalue weighted by Gasteiger charge is -2.23. The molecule has 6 aromatic carbocycles. The first-order chi connectivity index (χ1) is 34.9. The number of nitrogens with two attached hydrogens (primary N) is 2. The summed E-state index contributed by atoms with van der Waals surface area (Å²) < 4.78 is 102. The molecular formula is C53H70N6O11S3. The van der Waals surface area contributed by atoms with Gasteiger partial charge in [-0.1, -0.05) is 0 Å². The number of sulfone groups is 3. The summed E-state index contributed by atoms with van der Waals surface area (Å²) in [5.41, 5.74) is 15.7. The van der Waals surface area contributed by atoms with Gasteiger partial charge in [0.15, 0.2) is 0 Å². The van der Waals surface area contributed by atoms with Crippen LogP contribution in [0.1, 0.15) is 27.7 Å². The number of anilines is 6. The first kappa shape index (κ1) is 59.3. The van der Waals surface area contributed by atoms with Crippen LogP contribution in [0.4, 0.5) is 34.1 Å². The molecule has 0 spiro atoms. The zero-order chi connectivity index (χ0) is 53.6. The molecule has 6 rings (SSSR count). The topological polar surface area (TPSA) is 214 Å². The Morgan fingerprint density at radius 3 is 0.767 bits per heavy atom. The van der Waals surface area contributed by atoms with Crippen LogP contribution in [0.15, 0.2) is 175 Å². The van der Waals surface area contributed by atoms with Gasteiger partial charge in [-0.15, -0.1) is 0 Å². The number of hydrogen-bond acceptors (Lipinski definition) is 17. The summed E-state index contributed by atoms with van der Waals surface area (Å²) >= 11 is 0. The van der Waals surface area contributed by atoms with Crippen molar-refractivity contribution in [3.05, 3.63) is 146 Å². The van der Waals surface area contributed by atoms with E-state index in [0.717, 1.165) is 48.9 Å². The monoisotopic (exact) mass is 1060 g/mol. The summed E-state index contributed by atoms with van der Waals surface area (Å²) in [6.45, 7) is 13.2. The van der Waals surface area contributed by atoms with Gasteiger partial charge in [0.1, 0.15) is 33.7 Å². The van der Waals surface area contributed by atoms with E-state index in [9.17, 15) is 25.3 Å². The van der Waals surface area contributed by atoms with Crippen molar-refractivity contribution in [1.29, 1.82) is 0 Å². The predicted octanol–water partition coefficient (Wildman–Crippen LogP) is 8.42. The molecular weight excluding hydrogens is 993 g/mol. The average molecular weight is 1060 g/mol. The lowest BCUT2D eigenvalue weighted by molar-refractivity contribution is -0.0343. The maximum atomic E-state index is 13.0. The first-order valence-corrected chi connectivity index (χ1v) is 27.8. The minimum Gasteiger partial charge on any atom is -0.399 e. The standard InChI is InChI=1S/C21H30N2O5S.C20H28N2O4S.C12H12N2O2S/c1-5-22(6-2)18-7-11-20(12-8-18)29(24,25)21-13-9-19(10-14-21)23(15-26-3)16-28-17-27-4;1-5-21(6-2)17-7-11-19(12-8-17)27(23,24)20-13-9-18(10-14-20)22(15-25-3)16-26-4;13-9-1-5-11(6-2-9)17(15,16)12-7-3-10(14)4-8-12/h7-14H,5-6,15-17H2,1-4H3;7-14H,5-6,15-16H2,1-4H3;1-8H,13-14H2. The Bertz CT molecular complexity index is 2830. The second-order valence-electron chi connectivity index (χ2n) is 16.0. The third kappa shape index (κ3) is 16.4. The van der Waals surface area contributed by atoms with Crippen LogP contribution in [-0.2, 0) is 53.2 Å². The summed E-state index contributed by atoms with van der Waals surface area (Å²) in [5, 5.41) is 0. The smallest absolute Gasteiger partial charge is 0.206 e. The van der Waals surface area contributed by atoms with Crippen molar-refractivity contribution in [3.63, 3.8) is 0 Å². The van der Waals surface area contributed by atoms with E-state index in [-0.39, 0.29) is 42.9 Å². The molecule has 0 aliphatic carbocycles. The third-order valence-electron chi connectivity index (χ3n) is 11.3. The van der Waals surface area contributed by atoms with Crippen molar-refractivity contribution in [2.45, 2.75) is 57.1 Å². The van der Waals surface area contributed by atoms with Gasteiger partial charge in [-0.05, 0) is 173 Å². The minimum atomic E-state index is -3.59. The van der Waals surface area contributed by atoms with Crippen LogP contribution in [-0.4, -0.2) is 114 Å². The van der Waals surface area contributed by atoms with E-state index in [1.165, 1.54) is 24.3 Å². The van der Waals surface area contributed by atoms with E-state index in [1.807, 2.05) is 34.1 Å². The van der Waals surface area contributed by atoms with Gasteiger partial charge >= 0.3 is 0 Å². The van der Waals surface area contributed by atoms with Gasteiger partial charge in [-0.3, -0.25) is 0 Å². The van der Waals surface area contributed by atoms with Crippen LogP contribution < -0.4 is 31.1 Å². The maximum Gasteiger partial charge on any atom is 0.206 e. The lowest BCUT2D eigenvalue weighted by Crippen LogP contribution is -2.28. The molecule has 17 nitrogen and oxygen atoms in total. The Morgan fingerprint density at radius 1 is 0.329 bits per heavy atom. The highest BCUT2D eigenvalue weighted by Gasteiger charge is 2.21. The van der Waals surface area contributed by atoms with Crippen molar-refractivity contribution in [2.24, 2.45) is 0 Å². The van der Waals surface area contributed by atoms with E-state index < -0.39 is 29.5 Å². The zero-order valence-electron chi connectivity index (χ0n) is 42.9. The molecule has 0 heterocycles. The van der Waals surface area contributed by atoms with Gasteiger partial charge in [0.25, 0.3) is 0 Å². The summed E-state index contributed by atoms with van der Waals surface area (Å²) in [7, 11) is -4.30. The molecule has 6 aromatic rings. The predicted molar refractivity (Wildman–Crippen MR) is 289 cm³/mol. The molecule has 396 valence electrons. The van der Waals surface area contributed by atoms with Gasteiger partial charge in [-0.2, -0.15) is 0 Å². The molecule has 0 aliphatic rings. The van der Waals surface area contributed by atoms with Crippen LogP contribution in [0.5, 0.6) is 0 Å². The van der Waals surface area contributed by atoms with Crippen molar-refractivity contribution in [1.82, 2.24) is 0 Å². The van der Waals surface area contributed by atoms with Crippen molar-refractivity contribution >= 4 is 63.6 Å². The highest BCUT2D eigenvalue weighted by molar-refractivity contribution is 7.92. The van der Waals surface area contributed by atoms with Gasteiger partial charge in [0.05, 0.1) is 29.4 Å². The number of methoxy groups -OCH3 is 4. The van der Waals surface area contributed by atoms with E-state index in [0.29, 0.717) is 31.6 Å². The van der Waals surface area contributed by atoms with Crippen molar-refractivity contribution in [3.8, 4) is 0 Å². The number of nitrogens with zero attached hydrogens (tertiary/aromatic N) is 4. The second kappa shape index (κ2) is 28.9. The van der Waals surface area contributed by atoms with Crippen molar-refractivity contribution in [2.75, 3.05) is 119 Å². The SMILES string of the molecule is CCN(CC)c1ccc(S(=O)(=O)c2ccc(N(COC)COC)cc2)cc1.CCN(CC)c1ccc(S(=O)(=O)c2ccc(N(COC)COCOC)cc2)cc1.Nc1ccc(S(=O)(=O)c2ccc(N)cc2)cc1. The number of nitrogen functional groups attached to an aromatic ring is 2. The Balaban J connectivity index is 0.000000245. The first-order valence-electron chi connectivity index (χ1n) is 23.3. The fraction of sp³-hybridized carbons (Fsp3) is 0.321. The van der Waals surface area contributed by atoms with E-state index in [2.05, 4.69) is 37.5 Å². The van der Waals surface area contributed by atoms with Gasteiger partial charge < -0.3 is 54.8 Å². The number of rotatable bonds is 24. The molecule has 0 radical (unpaired) electrons. The van der Waals surface area contributed by atoms with Crippen LogP contribution in [0, 0.1) is 0 Å². The fourth-order valence-electron chi connectivity index (χ4n) is 7.30. The number of benzene rings is 6. The molecule has 4 N–H and O–H groups in total. The van der Waals surface area contributed by atoms with Crippen LogP contribution in [0.3, 0.4) is 0 Å².